The topological polar surface area (TPSA) is 37.3 Å². The summed E-state index contributed by atoms with van der Waals surface area (Å²) < 4.78 is 0. The van der Waals surface area contributed by atoms with Gasteiger partial charge in [0.25, 0.3) is 0 Å². The van der Waals surface area contributed by atoms with Gasteiger partial charge in [-0.1, -0.05) is 50.6 Å². The van der Waals surface area contributed by atoms with Gasteiger partial charge in [0.1, 0.15) is 0 Å². The van der Waals surface area contributed by atoms with Crippen molar-refractivity contribution in [3.8, 4) is 0 Å². The van der Waals surface area contributed by atoms with Crippen molar-refractivity contribution in [2.45, 2.75) is 72.3 Å². The van der Waals surface area contributed by atoms with Crippen LogP contribution in [0.2, 0.25) is 0 Å². The molecule has 0 radical (unpaired) electrons. The second-order valence-corrected chi connectivity index (χ2v) is 8.78. The van der Waals surface area contributed by atoms with E-state index < -0.39 is 0 Å². The Bertz CT molecular complexity index is 736. The number of carbonyl (C=O) groups is 1. The summed E-state index contributed by atoms with van der Waals surface area (Å²) in [5.41, 5.74) is 5.03. The van der Waals surface area contributed by atoms with E-state index in [9.17, 15) is 9.90 Å². The molecule has 1 fully saturated rings. The van der Waals surface area contributed by atoms with Crippen molar-refractivity contribution in [1.29, 1.82) is 0 Å². The standard InChI is InChI=1S/C24H32O2/c1-16(2)8-9-18-10-12-19(13-11-18)14-20-15-24(4)21(17(3)23(20)26)6-5-7-22(24)25/h10-14,16,22,25H,5-9,15H2,1-4H3/b20-14-/t22-,24-/m0/s1. The first-order valence-corrected chi connectivity index (χ1v) is 10.0. The summed E-state index contributed by atoms with van der Waals surface area (Å²) in [5, 5.41) is 10.6. The third-order valence-corrected chi connectivity index (χ3v) is 6.30. The van der Waals surface area contributed by atoms with Crippen LogP contribution < -0.4 is 0 Å². The summed E-state index contributed by atoms with van der Waals surface area (Å²) in [4.78, 5) is 12.9. The second kappa shape index (κ2) is 7.52. The highest BCUT2D eigenvalue weighted by atomic mass is 16.3. The Labute approximate surface area is 158 Å². The predicted octanol–water partition coefficient (Wildman–Crippen LogP) is 5.50. The fourth-order valence-electron chi connectivity index (χ4n) is 4.53. The number of hydrogen-bond acceptors (Lipinski definition) is 2. The van der Waals surface area contributed by atoms with Gasteiger partial charge in [-0.25, -0.2) is 0 Å². The molecule has 1 N–H and O–H groups in total. The molecule has 0 aliphatic heterocycles. The van der Waals surface area contributed by atoms with E-state index in [0.717, 1.165) is 42.4 Å². The van der Waals surface area contributed by atoms with Gasteiger partial charge in [0.05, 0.1) is 6.10 Å². The van der Waals surface area contributed by atoms with Gasteiger partial charge < -0.3 is 5.11 Å². The van der Waals surface area contributed by atoms with Gasteiger partial charge in [-0.15, -0.1) is 0 Å². The number of aliphatic hydroxyl groups is 1. The van der Waals surface area contributed by atoms with Crippen LogP contribution in [0.15, 0.2) is 41.0 Å². The lowest BCUT2D eigenvalue weighted by Gasteiger charge is -2.45. The number of Topliss-reactive ketones (excluding diaryl/α,β-unsaturated/α-hetero) is 1. The lowest BCUT2D eigenvalue weighted by atomic mass is 9.61. The highest BCUT2D eigenvalue weighted by molar-refractivity contribution is 6.12. The van der Waals surface area contributed by atoms with Crippen molar-refractivity contribution in [2.75, 3.05) is 0 Å². The Morgan fingerprint density at radius 3 is 2.62 bits per heavy atom. The van der Waals surface area contributed by atoms with E-state index in [2.05, 4.69) is 45.0 Å². The molecule has 0 spiro atoms. The van der Waals surface area contributed by atoms with Crippen molar-refractivity contribution in [3.05, 3.63) is 52.1 Å². The van der Waals surface area contributed by atoms with E-state index >= 15 is 0 Å². The third kappa shape index (κ3) is 3.71. The van der Waals surface area contributed by atoms with Gasteiger partial charge in [-0.3, -0.25) is 4.79 Å². The number of fused-ring (bicyclic) bond motifs is 1. The minimum absolute atomic E-state index is 0.162. The highest BCUT2D eigenvalue weighted by Crippen LogP contribution is 2.50. The Morgan fingerprint density at radius 1 is 1.27 bits per heavy atom. The van der Waals surface area contributed by atoms with Gasteiger partial charge in [0.2, 0.25) is 0 Å². The van der Waals surface area contributed by atoms with Crippen LogP contribution in [0.1, 0.15) is 70.9 Å². The number of allylic oxidation sites excluding steroid dienone is 2. The fourth-order valence-corrected chi connectivity index (χ4v) is 4.53. The summed E-state index contributed by atoms with van der Waals surface area (Å²) in [6.07, 6.45) is 7.38. The van der Waals surface area contributed by atoms with Crippen LogP contribution >= 0.6 is 0 Å². The SMILES string of the molecule is CC1=C2CCC[C@H](O)[C@@]2(C)C/C(=C/c2ccc(CCC(C)C)cc2)C1=O. The molecule has 0 saturated heterocycles. The highest BCUT2D eigenvalue weighted by Gasteiger charge is 2.45. The lowest BCUT2D eigenvalue weighted by molar-refractivity contribution is -0.113. The van der Waals surface area contributed by atoms with Crippen LogP contribution in [-0.2, 0) is 11.2 Å². The second-order valence-electron chi connectivity index (χ2n) is 8.78. The number of aliphatic hydroxyl groups excluding tert-OH is 1. The number of carbonyl (C=O) groups excluding carboxylic acids is 1. The summed E-state index contributed by atoms with van der Waals surface area (Å²) in [6, 6.07) is 8.58. The minimum Gasteiger partial charge on any atom is -0.392 e. The fraction of sp³-hybridized carbons (Fsp3) is 0.542. The molecule has 26 heavy (non-hydrogen) atoms. The molecule has 1 aromatic rings. The van der Waals surface area contributed by atoms with E-state index in [1.165, 1.54) is 17.6 Å². The first-order chi connectivity index (χ1) is 12.3. The zero-order chi connectivity index (χ0) is 18.9. The largest absolute Gasteiger partial charge is 0.392 e. The normalized spacial score (nSPS) is 28.0. The molecule has 2 nitrogen and oxygen atoms in total. The summed E-state index contributed by atoms with van der Waals surface area (Å²) in [6.45, 7) is 8.57. The van der Waals surface area contributed by atoms with Crippen LogP contribution in [0.5, 0.6) is 0 Å². The number of ketones is 1. The van der Waals surface area contributed by atoms with E-state index in [0.29, 0.717) is 12.3 Å². The molecule has 2 aliphatic rings. The zero-order valence-electron chi connectivity index (χ0n) is 16.6. The monoisotopic (exact) mass is 352 g/mol. The van der Waals surface area contributed by atoms with Gasteiger partial charge in [-0.2, -0.15) is 0 Å². The molecule has 3 rings (SSSR count). The number of hydrogen-bond donors (Lipinski definition) is 1. The number of rotatable bonds is 4. The number of benzene rings is 1. The maximum absolute atomic E-state index is 12.9. The maximum Gasteiger partial charge on any atom is 0.184 e. The van der Waals surface area contributed by atoms with Crippen molar-refractivity contribution in [2.24, 2.45) is 11.3 Å². The smallest absolute Gasteiger partial charge is 0.184 e. The molecule has 0 amide bonds. The quantitative estimate of drug-likeness (QED) is 0.727. The molecule has 1 aromatic carbocycles. The molecule has 0 aromatic heterocycles. The van der Waals surface area contributed by atoms with Crippen LogP contribution in [0.25, 0.3) is 6.08 Å². The van der Waals surface area contributed by atoms with E-state index in [1.807, 2.05) is 13.0 Å². The molecule has 2 aliphatic carbocycles. The van der Waals surface area contributed by atoms with Gasteiger partial charge >= 0.3 is 0 Å². The average molecular weight is 353 g/mol. The lowest BCUT2D eigenvalue weighted by Crippen LogP contribution is -2.42. The van der Waals surface area contributed by atoms with E-state index in [-0.39, 0.29) is 17.3 Å². The molecule has 2 heteroatoms. The van der Waals surface area contributed by atoms with Crippen LogP contribution in [-0.4, -0.2) is 17.0 Å². The number of aryl methyl sites for hydroxylation is 1. The molecular weight excluding hydrogens is 320 g/mol. The molecule has 2 atom stereocenters. The van der Waals surface area contributed by atoms with Crippen molar-refractivity contribution < 1.29 is 9.90 Å². The average Bonchev–Trinajstić information content (AvgIpc) is 2.61. The van der Waals surface area contributed by atoms with Gasteiger partial charge in [0, 0.05) is 11.0 Å². The summed E-state index contributed by atoms with van der Waals surface area (Å²) in [7, 11) is 0. The summed E-state index contributed by atoms with van der Waals surface area (Å²) in [5.74, 6) is 0.874. The first kappa shape index (κ1) is 19.1. The van der Waals surface area contributed by atoms with Crippen LogP contribution in [0.3, 0.4) is 0 Å². The maximum atomic E-state index is 12.9. The molecular formula is C24H32O2. The zero-order valence-corrected chi connectivity index (χ0v) is 16.6. The molecule has 0 unspecified atom stereocenters. The minimum atomic E-state index is -0.351. The van der Waals surface area contributed by atoms with E-state index in [1.54, 1.807) is 0 Å². The molecule has 0 heterocycles. The van der Waals surface area contributed by atoms with Crippen LogP contribution in [0.4, 0.5) is 0 Å². The van der Waals surface area contributed by atoms with Crippen molar-refractivity contribution >= 4 is 11.9 Å². The molecule has 0 bridgehead atoms. The third-order valence-electron chi connectivity index (χ3n) is 6.30. The summed E-state index contributed by atoms with van der Waals surface area (Å²) >= 11 is 0. The molecule has 1 saturated carbocycles. The predicted molar refractivity (Wildman–Crippen MR) is 108 cm³/mol. The van der Waals surface area contributed by atoms with Crippen LogP contribution in [0, 0.1) is 11.3 Å². The van der Waals surface area contributed by atoms with Crippen molar-refractivity contribution in [1.82, 2.24) is 0 Å². The Kier molecular flexibility index (Phi) is 5.53. The first-order valence-electron chi connectivity index (χ1n) is 10.0. The Balaban J connectivity index is 1.85. The molecule has 140 valence electrons. The van der Waals surface area contributed by atoms with Gasteiger partial charge in [-0.05, 0) is 74.1 Å². The Hall–Kier alpha value is -1.67. The van der Waals surface area contributed by atoms with Gasteiger partial charge in [0.15, 0.2) is 5.78 Å². The van der Waals surface area contributed by atoms with E-state index in [4.69, 9.17) is 0 Å². The Morgan fingerprint density at radius 2 is 1.96 bits per heavy atom. The van der Waals surface area contributed by atoms with Crippen molar-refractivity contribution in [3.63, 3.8) is 0 Å².